The first-order chi connectivity index (χ1) is 16.4. The molecule has 1 aliphatic heterocycles. The third-order valence-electron chi connectivity index (χ3n) is 6.02. The molecule has 178 valence electrons. The minimum Gasteiger partial charge on any atom is -0.341 e. The Labute approximate surface area is 203 Å². The van der Waals surface area contributed by atoms with Crippen LogP contribution < -0.4 is 10.6 Å². The van der Waals surface area contributed by atoms with E-state index >= 15 is 0 Å². The van der Waals surface area contributed by atoms with E-state index in [1.165, 1.54) is 18.7 Å². The highest BCUT2D eigenvalue weighted by atomic mass is 32.2. The van der Waals surface area contributed by atoms with Crippen LogP contribution in [0.1, 0.15) is 26.7 Å². The number of fused-ring (bicyclic) bond motifs is 1. The maximum atomic E-state index is 12.9. The van der Waals surface area contributed by atoms with Crippen molar-refractivity contribution in [1.82, 2.24) is 9.47 Å². The summed E-state index contributed by atoms with van der Waals surface area (Å²) in [6, 6.07) is 15.0. The number of carbonyl (C=O) groups excluding carboxylic acids is 3. The van der Waals surface area contributed by atoms with Gasteiger partial charge in [0.15, 0.2) is 0 Å². The second kappa shape index (κ2) is 10.8. The van der Waals surface area contributed by atoms with Crippen molar-refractivity contribution in [2.24, 2.45) is 5.92 Å². The van der Waals surface area contributed by atoms with Gasteiger partial charge in [-0.25, -0.2) is 0 Å². The molecule has 3 aromatic rings. The molecule has 1 saturated heterocycles. The van der Waals surface area contributed by atoms with Gasteiger partial charge in [0.2, 0.25) is 17.7 Å². The molecule has 0 bridgehead atoms. The summed E-state index contributed by atoms with van der Waals surface area (Å²) in [6.07, 6.45) is 4.09. The van der Waals surface area contributed by atoms with Gasteiger partial charge in [-0.2, -0.15) is 0 Å². The number of amides is 3. The van der Waals surface area contributed by atoms with Crippen molar-refractivity contribution in [2.45, 2.75) is 38.1 Å². The van der Waals surface area contributed by atoms with E-state index in [-0.39, 0.29) is 23.5 Å². The normalized spacial score (nSPS) is 14.2. The molecular weight excluding hydrogens is 448 g/mol. The van der Waals surface area contributed by atoms with Crippen molar-refractivity contribution >= 4 is 51.8 Å². The SMILES string of the molecule is CC(=O)Nc1cccc(NC(=O)CSc2cn(CC(=O)N3CCC(C)CC3)c3ccccc23)c1. The lowest BCUT2D eigenvalue weighted by atomic mass is 9.99. The standard InChI is InChI=1S/C26H30N4O3S/c1-18-10-12-29(13-11-18)26(33)16-30-15-24(22-8-3-4-9-23(22)30)34-17-25(32)28-21-7-5-6-20(14-21)27-19(2)31/h3-9,14-15,18H,10-13,16-17H2,1-2H3,(H,27,31)(H,28,32). The Kier molecular flexibility index (Phi) is 7.57. The molecule has 3 amide bonds. The topological polar surface area (TPSA) is 83.4 Å². The van der Waals surface area contributed by atoms with Gasteiger partial charge in [-0.05, 0) is 43.0 Å². The van der Waals surface area contributed by atoms with Crippen molar-refractivity contribution in [3.8, 4) is 0 Å². The molecule has 0 aliphatic carbocycles. The maximum Gasteiger partial charge on any atom is 0.242 e. The van der Waals surface area contributed by atoms with Crippen LogP contribution in [-0.4, -0.2) is 46.0 Å². The third kappa shape index (κ3) is 5.99. The Morgan fingerprint density at radius 2 is 1.71 bits per heavy atom. The molecule has 0 radical (unpaired) electrons. The van der Waals surface area contributed by atoms with Gasteiger partial charge < -0.3 is 20.1 Å². The Morgan fingerprint density at radius 1 is 1.00 bits per heavy atom. The summed E-state index contributed by atoms with van der Waals surface area (Å²) in [6.45, 7) is 5.63. The molecule has 2 N–H and O–H groups in total. The van der Waals surface area contributed by atoms with E-state index in [9.17, 15) is 14.4 Å². The molecule has 34 heavy (non-hydrogen) atoms. The van der Waals surface area contributed by atoms with Crippen LogP contribution in [0.3, 0.4) is 0 Å². The predicted octanol–water partition coefficient (Wildman–Crippen LogP) is 4.59. The average Bonchev–Trinajstić information content (AvgIpc) is 3.15. The van der Waals surface area contributed by atoms with Crippen molar-refractivity contribution in [1.29, 1.82) is 0 Å². The summed E-state index contributed by atoms with van der Waals surface area (Å²) in [5, 5.41) is 6.63. The zero-order chi connectivity index (χ0) is 24.1. The summed E-state index contributed by atoms with van der Waals surface area (Å²) in [7, 11) is 0. The number of benzene rings is 2. The Balaban J connectivity index is 1.41. The van der Waals surface area contributed by atoms with Gasteiger partial charge in [-0.15, -0.1) is 11.8 Å². The minimum atomic E-state index is -0.163. The smallest absolute Gasteiger partial charge is 0.242 e. The Bertz CT molecular complexity index is 1200. The summed E-state index contributed by atoms with van der Waals surface area (Å²) >= 11 is 1.45. The number of rotatable bonds is 7. The van der Waals surface area contributed by atoms with Crippen LogP contribution in [0.15, 0.2) is 59.6 Å². The molecule has 4 rings (SSSR count). The van der Waals surface area contributed by atoms with Crippen LogP contribution in [-0.2, 0) is 20.9 Å². The second-order valence-electron chi connectivity index (χ2n) is 8.80. The van der Waals surface area contributed by atoms with Crippen LogP contribution in [0.5, 0.6) is 0 Å². The van der Waals surface area contributed by atoms with E-state index < -0.39 is 0 Å². The zero-order valence-electron chi connectivity index (χ0n) is 19.5. The maximum absolute atomic E-state index is 12.9. The molecule has 1 aromatic heterocycles. The van der Waals surface area contributed by atoms with Gasteiger partial charge in [0, 0.05) is 53.4 Å². The van der Waals surface area contributed by atoms with Crippen molar-refractivity contribution in [3.05, 3.63) is 54.7 Å². The van der Waals surface area contributed by atoms with Gasteiger partial charge in [0.1, 0.15) is 6.54 Å². The number of likely N-dealkylation sites (tertiary alicyclic amines) is 1. The van der Waals surface area contributed by atoms with Crippen molar-refractivity contribution in [2.75, 3.05) is 29.5 Å². The fourth-order valence-corrected chi connectivity index (χ4v) is 5.07. The van der Waals surface area contributed by atoms with Gasteiger partial charge in [0.05, 0.1) is 5.75 Å². The van der Waals surface area contributed by atoms with Crippen LogP contribution in [0, 0.1) is 5.92 Å². The molecule has 0 unspecified atom stereocenters. The number of carbonyl (C=O) groups is 3. The van der Waals surface area contributed by atoms with E-state index in [0.29, 0.717) is 23.8 Å². The number of nitrogens with one attached hydrogen (secondary N) is 2. The lowest BCUT2D eigenvalue weighted by Gasteiger charge is -2.30. The molecule has 0 saturated carbocycles. The second-order valence-corrected chi connectivity index (χ2v) is 9.82. The van der Waals surface area contributed by atoms with Gasteiger partial charge >= 0.3 is 0 Å². The van der Waals surface area contributed by atoms with E-state index in [4.69, 9.17) is 0 Å². The molecule has 0 atom stereocenters. The molecular formula is C26H30N4O3S. The Hall–Kier alpha value is -3.26. The predicted molar refractivity (Wildman–Crippen MR) is 137 cm³/mol. The first-order valence-corrected chi connectivity index (χ1v) is 12.5. The van der Waals surface area contributed by atoms with Gasteiger partial charge in [0.25, 0.3) is 0 Å². The number of aromatic nitrogens is 1. The van der Waals surface area contributed by atoms with Gasteiger partial charge in [-0.3, -0.25) is 14.4 Å². The van der Waals surface area contributed by atoms with Crippen LogP contribution >= 0.6 is 11.8 Å². The number of nitrogens with zero attached hydrogens (tertiary/aromatic N) is 2. The average molecular weight is 479 g/mol. The van der Waals surface area contributed by atoms with Crippen LogP contribution in [0.2, 0.25) is 0 Å². The number of piperidine rings is 1. The molecule has 7 nitrogen and oxygen atoms in total. The highest BCUT2D eigenvalue weighted by Crippen LogP contribution is 2.30. The summed E-state index contributed by atoms with van der Waals surface area (Å²) in [5.41, 5.74) is 2.25. The number of anilines is 2. The summed E-state index contributed by atoms with van der Waals surface area (Å²) in [4.78, 5) is 39.7. The monoisotopic (exact) mass is 478 g/mol. The fraction of sp³-hybridized carbons (Fsp3) is 0.346. The fourth-order valence-electron chi connectivity index (χ4n) is 4.18. The van der Waals surface area contributed by atoms with E-state index in [0.717, 1.165) is 41.7 Å². The molecule has 0 spiro atoms. The first-order valence-electron chi connectivity index (χ1n) is 11.5. The van der Waals surface area contributed by atoms with Crippen molar-refractivity contribution in [3.63, 3.8) is 0 Å². The highest BCUT2D eigenvalue weighted by Gasteiger charge is 2.21. The number of thioether (sulfide) groups is 1. The molecule has 2 aromatic carbocycles. The van der Waals surface area contributed by atoms with E-state index in [1.807, 2.05) is 39.9 Å². The summed E-state index contributed by atoms with van der Waals surface area (Å²) < 4.78 is 1.99. The van der Waals surface area contributed by atoms with E-state index in [1.54, 1.807) is 24.3 Å². The zero-order valence-corrected chi connectivity index (χ0v) is 20.4. The number of hydrogen-bond donors (Lipinski definition) is 2. The lowest BCUT2D eigenvalue weighted by molar-refractivity contribution is -0.133. The Morgan fingerprint density at radius 3 is 2.44 bits per heavy atom. The molecule has 1 fully saturated rings. The minimum absolute atomic E-state index is 0.139. The summed E-state index contributed by atoms with van der Waals surface area (Å²) in [5.74, 6) is 0.750. The lowest BCUT2D eigenvalue weighted by Crippen LogP contribution is -2.39. The number of hydrogen-bond acceptors (Lipinski definition) is 4. The van der Waals surface area contributed by atoms with Gasteiger partial charge in [-0.1, -0.05) is 31.2 Å². The van der Waals surface area contributed by atoms with Crippen molar-refractivity contribution < 1.29 is 14.4 Å². The van der Waals surface area contributed by atoms with Crippen LogP contribution in [0.25, 0.3) is 10.9 Å². The first kappa shape index (κ1) is 23.9. The largest absolute Gasteiger partial charge is 0.341 e. The highest BCUT2D eigenvalue weighted by molar-refractivity contribution is 8.00. The molecule has 1 aliphatic rings. The van der Waals surface area contributed by atoms with E-state index in [2.05, 4.69) is 17.6 Å². The molecule has 8 heteroatoms. The third-order valence-corrected chi connectivity index (χ3v) is 7.06. The van der Waals surface area contributed by atoms with Crippen LogP contribution in [0.4, 0.5) is 11.4 Å². The quantitative estimate of drug-likeness (QED) is 0.487. The number of para-hydroxylation sites is 1. The molecule has 2 heterocycles.